The van der Waals surface area contributed by atoms with Gasteiger partial charge in [-0.3, -0.25) is 4.79 Å². The van der Waals surface area contributed by atoms with Crippen molar-refractivity contribution in [3.05, 3.63) is 58.6 Å². The molecule has 0 fully saturated rings. The molecule has 1 amide bonds. The molecule has 0 atom stereocenters. The molecule has 0 aliphatic rings. The van der Waals surface area contributed by atoms with E-state index in [1.54, 1.807) is 13.2 Å². The van der Waals surface area contributed by atoms with Crippen molar-refractivity contribution in [2.45, 2.75) is 26.2 Å². The number of nitrogens with one attached hydrogen (secondary N) is 1. The number of hydrogen-bond acceptors (Lipinski definition) is 2. The maximum absolute atomic E-state index is 12.7. The lowest BCUT2D eigenvalue weighted by atomic mass is 9.83. The highest BCUT2D eigenvalue weighted by atomic mass is 35.5. The van der Waals surface area contributed by atoms with Gasteiger partial charge in [0.1, 0.15) is 5.75 Å². The van der Waals surface area contributed by atoms with Crippen LogP contribution in [0.4, 0.5) is 5.69 Å². The van der Waals surface area contributed by atoms with Gasteiger partial charge in [0, 0.05) is 10.7 Å². The van der Waals surface area contributed by atoms with E-state index in [4.69, 9.17) is 16.3 Å². The average Bonchev–Trinajstić information content (AvgIpc) is 2.51. The van der Waals surface area contributed by atoms with Gasteiger partial charge in [0.2, 0.25) is 5.91 Å². The standard InChI is InChI=1S/C18H20ClNO2/c1-12-15(19)6-5-7-16(12)20-17(21)18(2,3)13-8-10-14(22-4)11-9-13/h5-11H,1-4H3,(H,20,21). The molecular formula is C18H20ClNO2. The van der Waals surface area contributed by atoms with Crippen LogP contribution in [-0.4, -0.2) is 13.0 Å². The summed E-state index contributed by atoms with van der Waals surface area (Å²) in [7, 11) is 1.62. The molecule has 22 heavy (non-hydrogen) atoms. The highest BCUT2D eigenvalue weighted by Gasteiger charge is 2.30. The number of methoxy groups -OCH3 is 1. The van der Waals surface area contributed by atoms with Gasteiger partial charge in [0.15, 0.2) is 0 Å². The second-order valence-corrected chi connectivity index (χ2v) is 6.13. The molecule has 0 aliphatic heterocycles. The maximum atomic E-state index is 12.7. The van der Waals surface area contributed by atoms with Crippen molar-refractivity contribution in [3.8, 4) is 5.75 Å². The van der Waals surface area contributed by atoms with Gasteiger partial charge < -0.3 is 10.1 Å². The third kappa shape index (κ3) is 3.25. The summed E-state index contributed by atoms with van der Waals surface area (Å²) in [5, 5.41) is 3.60. The lowest BCUT2D eigenvalue weighted by Gasteiger charge is -2.25. The van der Waals surface area contributed by atoms with Crippen LogP contribution >= 0.6 is 11.6 Å². The molecule has 2 rings (SSSR count). The Balaban J connectivity index is 2.24. The molecule has 0 heterocycles. The van der Waals surface area contributed by atoms with Crippen LogP contribution in [0.25, 0.3) is 0 Å². The molecule has 3 nitrogen and oxygen atoms in total. The van der Waals surface area contributed by atoms with Gasteiger partial charge in [-0.25, -0.2) is 0 Å². The number of amides is 1. The molecule has 0 saturated heterocycles. The number of rotatable bonds is 4. The smallest absolute Gasteiger partial charge is 0.234 e. The van der Waals surface area contributed by atoms with E-state index in [2.05, 4.69) is 5.32 Å². The summed E-state index contributed by atoms with van der Waals surface area (Å²) in [4.78, 5) is 12.7. The Labute approximate surface area is 136 Å². The van der Waals surface area contributed by atoms with Crippen LogP contribution in [0, 0.1) is 6.92 Å². The number of benzene rings is 2. The van der Waals surface area contributed by atoms with Crippen LogP contribution in [0.2, 0.25) is 5.02 Å². The lowest BCUT2D eigenvalue weighted by Crippen LogP contribution is -2.34. The molecule has 0 saturated carbocycles. The summed E-state index contributed by atoms with van der Waals surface area (Å²) >= 11 is 6.10. The van der Waals surface area contributed by atoms with Crippen molar-refractivity contribution in [3.63, 3.8) is 0 Å². The molecule has 116 valence electrons. The molecule has 1 N–H and O–H groups in total. The Morgan fingerprint density at radius 1 is 1.14 bits per heavy atom. The van der Waals surface area contributed by atoms with Crippen molar-refractivity contribution < 1.29 is 9.53 Å². The van der Waals surface area contributed by atoms with Gasteiger partial charge >= 0.3 is 0 Å². The minimum absolute atomic E-state index is 0.0805. The van der Waals surface area contributed by atoms with Crippen LogP contribution in [-0.2, 0) is 10.2 Å². The summed E-state index contributed by atoms with van der Waals surface area (Å²) in [5.41, 5.74) is 1.86. The zero-order chi connectivity index (χ0) is 16.3. The van der Waals surface area contributed by atoms with Crippen LogP contribution in [0.1, 0.15) is 25.0 Å². The Kier molecular flexibility index (Phi) is 4.77. The van der Waals surface area contributed by atoms with Crippen molar-refractivity contribution >= 4 is 23.2 Å². The first-order chi connectivity index (χ1) is 10.4. The van der Waals surface area contributed by atoms with E-state index in [1.165, 1.54) is 0 Å². The van der Waals surface area contributed by atoms with Gasteiger partial charge in [0.25, 0.3) is 0 Å². The molecule has 0 aliphatic carbocycles. The molecule has 2 aromatic rings. The number of carbonyl (C=O) groups is 1. The summed E-state index contributed by atoms with van der Waals surface area (Å²) in [6.07, 6.45) is 0. The monoisotopic (exact) mass is 317 g/mol. The molecule has 0 radical (unpaired) electrons. The Bertz CT molecular complexity index is 678. The van der Waals surface area contributed by atoms with E-state index in [9.17, 15) is 4.79 Å². The fraction of sp³-hybridized carbons (Fsp3) is 0.278. The molecule has 4 heteroatoms. The van der Waals surface area contributed by atoms with E-state index in [0.29, 0.717) is 5.02 Å². The summed E-state index contributed by atoms with van der Waals surface area (Å²) in [5.74, 6) is 0.689. The minimum Gasteiger partial charge on any atom is -0.497 e. The summed E-state index contributed by atoms with van der Waals surface area (Å²) in [6, 6.07) is 13.0. The highest BCUT2D eigenvalue weighted by Crippen LogP contribution is 2.29. The molecule has 0 unspecified atom stereocenters. The van der Waals surface area contributed by atoms with Crippen molar-refractivity contribution in [2.24, 2.45) is 0 Å². The summed E-state index contributed by atoms with van der Waals surface area (Å²) < 4.78 is 5.15. The molecule has 0 aromatic heterocycles. The van der Waals surface area contributed by atoms with Gasteiger partial charge in [-0.1, -0.05) is 29.8 Å². The fourth-order valence-electron chi connectivity index (χ4n) is 2.16. The third-order valence-electron chi connectivity index (χ3n) is 3.90. The predicted molar refractivity (Wildman–Crippen MR) is 90.8 cm³/mol. The number of ether oxygens (including phenoxy) is 1. The second-order valence-electron chi connectivity index (χ2n) is 5.72. The first-order valence-electron chi connectivity index (χ1n) is 7.07. The van der Waals surface area contributed by atoms with Crippen LogP contribution in [0.3, 0.4) is 0 Å². The van der Waals surface area contributed by atoms with Crippen molar-refractivity contribution in [1.82, 2.24) is 0 Å². The van der Waals surface area contributed by atoms with Crippen molar-refractivity contribution in [1.29, 1.82) is 0 Å². The van der Waals surface area contributed by atoms with Crippen LogP contribution < -0.4 is 10.1 Å². The van der Waals surface area contributed by atoms with E-state index in [1.807, 2.05) is 57.2 Å². The topological polar surface area (TPSA) is 38.3 Å². The van der Waals surface area contributed by atoms with E-state index < -0.39 is 5.41 Å². The number of carbonyl (C=O) groups excluding carboxylic acids is 1. The third-order valence-corrected chi connectivity index (χ3v) is 4.30. The van der Waals surface area contributed by atoms with Crippen LogP contribution in [0.15, 0.2) is 42.5 Å². The zero-order valence-corrected chi connectivity index (χ0v) is 14.0. The van der Waals surface area contributed by atoms with E-state index >= 15 is 0 Å². The van der Waals surface area contributed by atoms with Crippen molar-refractivity contribution in [2.75, 3.05) is 12.4 Å². The second kappa shape index (κ2) is 6.41. The molecule has 2 aromatic carbocycles. The first kappa shape index (κ1) is 16.4. The van der Waals surface area contributed by atoms with Gasteiger partial charge in [-0.15, -0.1) is 0 Å². The predicted octanol–water partition coefficient (Wildman–Crippen LogP) is 4.57. The zero-order valence-electron chi connectivity index (χ0n) is 13.2. The normalized spacial score (nSPS) is 11.1. The summed E-state index contributed by atoms with van der Waals surface area (Å²) in [6.45, 7) is 5.67. The number of anilines is 1. The quantitative estimate of drug-likeness (QED) is 0.896. The number of hydrogen-bond donors (Lipinski definition) is 1. The average molecular weight is 318 g/mol. The SMILES string of the molecule is COc1ccc(C(C)(C)C(=O)Nc2cccc(Cl)c2C)cc1. The largest absolute Gasteiger partial charge is 0.497 e. The minimum atomic E-state index is -0.666. The van der Waals surface area contributed by atoms with Crippen LogP contribution in [0.5, 0.6) is 5.75 Å². The Morgan fingerprint density at radius 3 is 2.36 bits per heavy atom. The lowest BCUT2D eigenvalue weighted by molar-refractivity contribution is -0.120. The Morgan fingerprint density at radius 2 is 1.77 bits per heavy atom. The van der Waals surface area contributed by atoms with Gasteiger partial charge in [-0.05, 0) is 56.2 Å². The van der Waals surface area contributed by atoms with Gasteiger partial charge in [-0.2, -0.15) is 0 Å². The molecular weight excluding hydrogens is 298 g/mol. The molecule has 0 spiro atoms. The fourth-order valence-corrected chi connectivity index (χ4v) is 2.33. The Hall–Kier alpha value is -2.00. The van der Waals surface area contributed by atoms with E-state index in [-0.39, 0.29) is 5.91 Å². The maximum Gasteiger partial charge on any atom is 0.234 e. The number of halogens is 1. The molecule has 0 bridgehead atoms. The van der Waals surface area contributed by atoms with E-state index in [0.717, 1.165) is 22.6 Å². The first-order valence-corrected chi connectivity index (χ1v) is 7.45. The highest BCUT2D eigenvalue weighted by molar-refractivity contribution is 6.31. The van der Waals surface area contributed by atoms with Gasteiger partial charge in [0.05, 0.1) is 12.5 Å².